The number of sulfonamides is 1. The van der Waals surface area contributed by atoms with E-state index in [0.29, 0.717) is 11.8 Å². The fraction of sp³-hybridized carbons (Fsp3) is 0.250. The van der Waals surface area contributed by atoms with E-state index in [-0.39, 0.29) is 79.6 Å². The van der Waals surface area contributed by atoms with Gasteiger partial charge in [-0.05, 0) is 99.0 Å². The Kier molecular flexibility index (Phi) is 12.4. The SMILES string of the molecule is COc1ccc(CCS(=O)(=O)Nc2nn(C)c3c(-n4c([C@H](Cc5cc(F)cc(F)c5)NC(=O)OC(C)(C)C)nc5cc(-c6cccc(C(F)(F)F)n6)ccc5c4=O)ccc(Cl)c23)cc1. The molecule has 7 rings (SSSR count). The predicted octanol–water partition coefficient (Wildman–Crippen LogP) is 9.09. The number of hydrogen-bond acceptors (Lipinski definition) is 9. The number of anilines is 1. The zero-order chi connectivity index (χ0) is 46.3. The normalized spacial score (nSPS) is 12.7. The molecule has 64 heavy (non-hydrogen) atoms. The van der Waals surface area contributed by atoms with Crippen molar-refractivity contribution in [1.29, 1.82) is 0 Å². The molecule has 3 aromatic heterocycles. The lowest BCUT2D eigenvalue weighted by Gasteiger charge is -2.26. The van der Waals surface area contributed by atoms with Gasteiger partial charge in [0.2, 0.25) is 10.0 Å². The zero-order valence-electron chi connectivity index (χ0n) is 34.7. The highest BCUT2D eigenvalue weighted by Crippen LogP contribution is 2.36. The topological polar surface area (TPSA) is 159 Å². The van der Waals surface area contributed by atoms with Crippen LogP contribution in [0, 0.1) is 11.6 Å². The van der Waals surface area contributed by atoms with Gasteiger partial charge in [0.05, 0.1) is 57.1 Å². The lowest BCUT2D eigenvalue weighted by Crippen LogP contribution is -2.39. The summed E-state index contributed by atoms with van der Waals surface area (Å²) in [4.78, 5) is 37.1. The molecule has 7 aromatic rings. The molecular formula is C44H39ClF5N7O6S. The van der Waals surface area contributed by atoms with Crippen LogP contribution in [0.2, 0.25) is 5.02 Å². The number of alkyl carbamates (subject to hydrolysis) is 1. The zero-order valence-corrected chi connectivity index (χ0v) is 36.3. The number of fused-ring (bicyclic) bond motifs is 2. The fourth-order valence-corrected chi connectivity index (χ4v) is 8.34. The minimum Gasteiger partial charge on any atom is -0.497 e. The predicted molar refractivity (Wildman–Crippen MR) is 231 cm³/mol. The largest absolute Gasteiger partial charge is 0.497 e. The van der Waals surface area contributed by atoms with Crippen LogP contribution in [0.3, 0.4) is 0 Å². The maximum absolute atomic E-state index is 15.0. The van der Waals surface area contributed by atoms with Gasteiger partial charge in [-0.1, -0.05) is 35.9 Å². The standard InChI is InChI=1S/C44H39ClF5N7O6S/c1-43(2,3)63-42(59)53-34(21-25-19-27(46)23-28(47)20-25)40-52-33-22-26(32-7-6-8-36(51-32)44(48,49)50)11-14-30(33)41(58)57(40)35-16-15-31(45)37-38(35)56(4)54-39(37)55-64(60,61)18-17-24-9-12-29(62-5)13-10-24/h6-16,19-20,22-23,34H,17-18,21H2,1-5H3,(H,53,59)(H,54,55)/t34-/m0/s1. The van der Waals surface area contributed by atoms with Gasteiger partial charge in [0.15, 0.2) is 5.82 Å². The molecule has 0 spiro atoms. The summed E-state index contributed by atoms with van der Waals surface area (Å²) < 4.78 is 113. The number of benzene rings is 4. The minimum atomic E-state index is -4.75. The van der Waals surface area contributed by atoms with Crippen LogP contribution in [0.15, 0.2) is 95.8 Å². The molecule has 0 aliphatic rings. The monoisotopic (exact) mass is 923 g/mol. The maximum atomic E-state index is 15.0. The summed E-state index contributed by atoms with van der Waals surface area (Å²) >= 11 is 6.76. The Hall–Kier alpha value is -6.60. The molecule has 0 fully saturated rings. The van der Waals surface area contributed by atoms with Gasteiger partial charge in [-0.2, -0.15) is 18.3 Å². The van der Waals surface area contributed by atoms with Crippen LogP contribution in [0.4, 0.5) is 32.6 Å². The van der Waals surface area contributed by atoms with Crippen LogP contribution in [0.1, 0.15) is 49.5 Å². The van der Waals surface area contributed by atoms with E-state index in [0.717, 1.165) is 28.3 Å². The van der Waals surface area contributed by atoms with E-state index in [1.165, 1.54) is 61.3 Å². The summed E-state index contributed by atoms with van der Waals surface area (Å²) in [6, 6.07) is 18.5. The van der Waals surface area contributed by atoms with E-state index in [4.69, 9.17) is 26.1 Å². The Morgan fingerprint density at radius 1 is 0.906 bits per heavy atom. The van der Waals surface area contributed by atoms with Crippen molar-refractivity contribution in [3.8, 4) is 22.7 Å². The van der Waals surface area contributed by atoms with Crippen molar-refractivity contribution in [3.63, 3.8) is 0 Å². The maximum Gasteiger partial charge on any atom is 0.433 e. The summed E-state index contributed by atoms with van der Waals surface area (Å²) in [7, 11) is -1.08. The van der Waals surface area contributed by atoms with Crippen molar-refractivity contribution in [1.82, 2.24) is 29.6 Å². The molecule has 13 nitrogen and oxygen atoms in total. The Labute approximate surface area is 367 Å². The molecular weight excluding hydrogens is 885 g/mol. The molecule has 3 heterocycles. The van der Waals surface area contributed by atoms with Crippen LogP contribution in [0.5, 0.6) is 5.75 Å². The van der Waals surface area contributed by atoms with Crippen molar-refractivity contribution >= 4 is 55.3 Å². The Bertz CT molecular complexity index is 3080. The molecule has 0 saturated carbocycles. The summed E-state index contributed by atoms with van der Waals surface area (Å²) in [6.45, 7) is 4.82. The Morgan fingerprint density at radius 2 is 1.61 bits per heavy atom. The molecule has 20 heteroatoms. The second-order valence-corrected chi connectivity index (χ2v) is 18.0. The van der Waals surface area contributed by atoms with E-state index in [2.05, 4.69) is 20.1 Å². The molecule has 4 aromatic carbocycles. The van der Waals surface area contributed by atoms with Crippen molar-refractivity contribution in [3.05, 3.63) is 141 Å². The van der Waals surface area contributed by atoms with E-state index < -0.39 is 56.8 Å². The Balaban J connectivity index is 1.43. The molecule has 0 unspecified atom stereocenters. The van der Waals surface area contributed by atoms with E-state index in [1.54, 1.807) is 45.0 Å². The first-order chi connectivity index (χ1) is 30.1. The van der Waals surface area contributed by atoms with E-state index in [9.17, 15) is 35.2 Å². The number of nitrogens with zero attached hydrogens (tertiary/aromatic N) is 5. The first-order valence-corrected chi connectivity index (χ1v) is 21.5. The third kappa shape index (κ3) is 10.1. The van der Waals surface area contributed by atoms with Gasteiger partial charge in [0.25, 0.3) is 5.56 Å². The molecule has 0 radical (unpaired) electrons. The van der Waals surface area contributed by atoms with Gasteiger partial charge < -0.3 is 14.8 Å². The number of carbonyl (C=O) groups is 1. The summed E-state index contributed by atoms with van der Waals surface area (Å²) in [6.07, 6.45) is -5.99. The summed E-state index contributed by atoms with van der Waals surface area (Å²) in [5, 5.41) is 7.20. The van der Waals surface area contributed by atoms with Crippen LogP contribution in [-0.4, -0.2) is 57.3 Å². The molecule has 0 bridgehead atoms. The van der Waals surface area contributed by atoms with Crippen LogP contribution in [-0.2, 0) is 40.8 Å². The van der Waals surface area contributed by atoms with Gasteiger partial charge in [0.1, 0.15) is 34.5 Å². The molecule has 2 N–H and O–H groups in total. The highest BCUT2D eigenvalue weighted by Gasteiger charge is 2.33. The van der Waals surface area contributed by atoms with Gasteiger partial charge in [-0.25, -0.2) is 32.0 Å². The number of alkyl halides is 3. The third-order valence-corrected chi connectivity index (χ3v) is 11.4. The molecule has 1 amide bonds. The van der Waals surface area contributed by atoms with Gasteiger partial charge in [-0.15, -0.1) is 0 Å². The minimum absolute atomic E-state index is 0.0366. The van der Waals surface area contributed by atoms with Crippen molar-refractivity contribution in [2.45, 2.75) is 51.4 Å². The fourth-order valence-electron chi connectivity index (χ4n) is 7.06. The van der Waals surface area contributed by atoms with Crippen LogP contribution >= 0.6 is 11.6 Å². The number of hydrogen-bond donors (Lipinski definition) is 2. The molecule has 0 aliphatic heterocycles. The summed E-state index contributed by atoms with van der Waals surface area (Å²) in [5.41, 5.74) is -2.00. The number of methoxy groups -OCH3 is 1. The average molecular weight is 924 g/mol. The number of aryl methyl sites for hydroxylation is 2. The highest BCUT2D eigenvalue weighted by atomic mass is 35.5. The van der Waals surface area contributed by atoms with E-state index in [1.807, 2.05) is 0 Å². The third-order valence-electron chi connectivity index (χ3n) is 9.82. The van der Waals surface area contributed by atoms with Crippen LogP contribution < -0.4 is 20.3 Å². The molecule has 1 atom stereocenters. The first kappa shape index (κ1) is 45.4. The number of nitrogens with one attached hydrogen (secondary N) is 2. The number of rotatable bonds is 12. The van der Waals surface area contributed by atoms with Crippen molar-refractivity contribution in [2.75, 3.05) is 17.6 Å². The molecule has 334 valence electrons. The lowest BCUT2D eigenvalue weighted by atomic mass is 10.0. The van der Waals surface area contributed by atoms with Gasteiger partial charge >= 0.3 is 12.3 Å². The van der Waals surface area contributed by atoms with Crippen molar-refractivity contribution < 1.29 is 44.6 Å². The number of carbonyl (C=O) groups excluding carboxylic acids is 1. The smallest absolute Gasteiger partial charge is 0.433 e. The average Bonchev–Trinajstić information content (AvgIpc) is 3.54. The number of amides is 1. The second-order valence-electron chi connectivity index (χ2n) is 15.7. The highest BCUT2D eigenvalue weighted by molar-refractivity contribution is 7.92. The summed E-state index contributed by atoms with van der Waals surface area (Å²) in [5.74, 6) is -1.99. The number of ether oxygens (including phenoxy) is 2. The number of pyridine rings is 1. The van der Waals surface area contributed by atoms with Gasteiger partial charge in [-0.3, -0.25) is 18.8 Å². The lowest BCUT2D eigenvalue weighted by molar-refractivity contribution is -0.141. The Morgan fingerprint density at radius 3 is 2.27 bits per heavy atom. The van der Waals surface area contributed by atoms with Crippen molar-refractivity contribution in [2.24, 2.45) is 7.05 Å². The molecule has 0 saturated heterocycles. The number of aromatic nitrogens is 5. The number of halogens is 6. The second kappa shape index (κ2) is 17.5. The van der Waals surface area contributed by atoms with E-state index >= 15 is 4.79 Å². The quantitative estimate of drug-likeness (QED) is 0.114. The first-order valence-electron chi connectivity index (χ1n) is 19.4. The van der Waals surface area contributed by atoms with Gasteiger partial charge in [0, 0.05) is 25.1 Å². The molecule has 0 aliphatic carbocycles. The van der Waals surface area contributed by atoms with Crippen LogP contribution in [0.25, 0.3) is 38.8 Å².